The van der Waals surface area contributed by atoms with E-state index in [0.717, 1.165) is 11.0 Å². The fourth-order valence-electron chi connectivity index (χ4n) is 1.29. The van der Waals surface area contributed by atoms with Crippen LogP contribution in [-0.2, 0) is 13.6 Å². The maximum atomic E-state index is 11.5. The highest BCUT2D eigenvalue weighted by Crippen LogP contribution is 1.87. The summed E-state index contributed by atoms with van der Waals surface area (Å²) in [5.41, 5.74) is 0.158. The van der Waals surface area contributed by atoms with Gasteiger partial charge in [0.05, 0.1) is 0 Å². The molecule has 0 aromatic carbocycles. The second-order valence-electron chi connectivity index (χ2n) is 3.15. The summed E-state index contributed by atoms with van der Waals surface area (Å²) >= 11 is 0. The molecule has 4 nitrogen and oxygen atoms in total. The molecular formula is C9H14N2O2. The quantitative estimate of drug-likeness (QED) is 0.658. The van der Waals surface area contributed by atoms with Crippen molar-refractivity contribution in [2.24, 2.45) is 7.05 Å². The Balaban J connectivity index is 3.42. The normalized spacial score (nSPS) is 10.4. The van der Waals surface area contributed by atoms with Gasteiger partial charge in [0, 0.05) is 25.4 Å². The maximum Gasteiger partial charge on any atom is 0.330 e. The molecule has 0 atom stereocenters. The van der Waals surface area contributed by atoms with Crippen LogP contribution in [0.5, 0.6) is 0 Å². The van der Waals surface area contributed by atoms with Crippen LogP contribution in [0.3, 0.4) is 0 Å². The Labute approximate surface area is 76.4 Å². The Kier molecular flexibility index (Phi) is 2.70. The third kappa shape index (κ3) is 1.71. The van der Waals surface area contributed by atoms with Crippen molar-refractivity contribution in [3.63, 3.8) is 0 Å². The van der Waals surface area contributed by atoms with E-state index >= 15 is 0 Å². The molecule has 13 heavy (non-hydrogen) atoms. The van der Waals surface area contributed by atoms with Crippen molar-refractivity contribution in [3.05, 3.63) is 32.6 Å². The van der Waals surface area contributed by atoms with E-state index in [2.05, 4.69) is 0 Å². The first-order chi connectivity index (χ1) is 6.07. The van der Waals surface area contributed by atoms with E-state index in [1.54, 1.807) is 17.7 Å². The van der Waals surface area contributed by atoms with Gasteiger partial charge in [-0.1, -0.05) is 6.92 Å². The minimum Gasteiger partial charge on any atom is -0.300 e. The summed E-state index contributed by atoms with van der Waals surface area (Å²) in [4.78, 5) is 22.8. The Morgan fingerprint density at radius 2 is 2.00 bits per heavy atom. The Morgan fingerprint density at radius 3 is 2.54 bits per heavy atom. The van der Waals surface area contributed by atoms with E-state index in [1.165, 1.54) is 7.05 Å². The summed E-state index contributed by atoms with van der Waals surface area (Å²) < 4.78 is 2.71. The monoisotopic (exact) mass is 182 g/mol. The lowest BCUT2D eigenvalue weighted by Gasteiger charge is -2.06. The van der Waals surface area contributed by atoms with Gasteiger partial charge in [-0.25, -0.2) is 4.79 Å². The third-order valence-corrected chi connectivity index (χ3v) is 1.99. The molecule has 1 rings (SSSR count). The first kappa shape index (κ1) is 9.77. The van der Waals surface area contributed by atoms with E-state index in [0.29, 0.717) is 12.1 Å². The molecule has 4 heteroatoms. The molecule has 0 spiro atoms. The molecule has 0 aliphatic rings. The van der Waals surface area contributed by atoms with Gasteiger partial charge in [-0.2, -0.15) is 0 Å². The highest BCUT2D eigenvalue weighted by molar-refractivity contribution is 5.02. The molecule has 1 heterocycles. The van der Waals surface area contributed by atoms with Crippen molar-refractivity contribution >= 4 is 0 Å². The van der Waals surface area contributed by atoms with Gasteiger partial charge in [-0.05, 0) is 13.3 Å². The zero-order valence-corrected chi connectivity index (χ0v) is 8.20. The van der Waals surface area contributed by atoms with Gasteiger partial charge in [-0.15, -0.1) is 0 Å². The molecule has 1 aromatic heterocycles. The van der Waals surface area contributed by atoms with E-state index < -0.39 is 0 Å². The number of rotatable bonds is 2. The summed E-state index contributed by atoms with van der Waals surface area (Å²) in [5.74, 6) is 0. The smallest absolute Gasteiger partial charge is 0.300 e. The lowest BCUT2D eigenvalue weighted by Crippen LogP contribution is -2.38. The Bertz CT molecular complexity index is 415. The average molecular weight is 182 g/mol. The van der Waals surface area contributed by atoms with Crippen LogP contribution in [0.15, 0.2) is 15.8 Å². The second kappa shape index (κ2) is 3.60. The highest BCUT2D eigenvalue weighted by Gasteiger charge is 2.03. The lowest BCUT2D eigenvalue weighted by atomic mass is 10.3. The molecular weight excluding hydrogens is 168 g/mol. The van der Waals surface area contributed by atoms with Crippen LogP contribution in [0.25, 0.3) is 0 Å². The van der Waals surface area contributed by atoms with Crippen LogP contribution in [-0.4, -0.2) is 9.13 Å². The Hall–Kier alpha value is -1.32. The fraction of sp³-hybridized carbons (Fsp3) is 0.556. The van der Waals surface area contributed by atoms with Gasteiger partial charge in [0.25, 0.3) is 5.56 Å². The molecule has 0 bridgehead atoms. The summed E-state index contributed by atoms with van der Waals surface area (Å²) in [7, 11) is 1.50. The highest BCUT2D eigenvalue weighted by atomic mass is 16.2. The van der Waals surface area contributed by atoms with E-state index in [-0.39, 0.29) is 11.2 Å². The molecule has 1 aromatic rings. The summed E-state index contributed by atoms with van der Waals surface area (Å²) in [5, 5.41) is 0. The second-order valence-corrected chi connectivity index (χ2v) is 3.15. The molecule has 72 valence electrons. The van der Waals surface area contributed by atoms with E-state index in [4.69, 9.17) is 0 Å². The van der Waals surface area contributed by atoms with Gasteiger partial charge in [-0.3, -0.25) is 9.36 Å². The van der Waals surface area contributed by atoms with Gasteiger partial charge in [0.1, 0.15) is 0 Å². The van der Waals surface area contributed by atoms with Crippen molar-refractivity contribution in [1.82, 2.24) is 9.13 Å². The third-order valence-electron chi connectivity index (χ3n) is 1.99. The summed E-state index contributed by atoms with van der Waals surface area (Å²) in [6.45, 7) is 4.37. The lowest BCUT2D eigenvalue weighted by molar-refractivity contribution is 0.585. The van der Waals surface area contributed by atoms with Gasteiger partial charge < -0.3 is 4.57 Å². The molecule has 0 amide bonds. The number of aromatic nitrogens is 2. The minimum atomic E-state index is -0.238. The van der Waals surface area contributed by atoms with Crippen LogP contribution in [0.2, 0.25) is 0 Å². The van der Waals surface area contributed by atoms with Crippen molar-refractivity contribution in [1.29, 1.82) is 0 Å². The fourth-order valence-corrected chi connectivity index (χ4v) is 1.29. The standard InChI is InChI=1S/C9H14N2O2/c1-4-5-11-6-7(2)8(12)10(3)9(11)13/h6H,4-5H2,1-3H3. The van der Waals surface area contributed by atoms with Crippen LogP contribution in [0.1, 0.15) is 18.9 Å². The molecule has 0 unspecified atom stereocenters. The summed E-state index contributed by atoms with van der Waals surface area (Å²) in [6, 6.07) is 0. The van der Waals surface area contributed by atoms with E-state index in [1.807, 2.05) is 6.92 Å². The molecule has 0 saturated carbocycles. The molecule has 0 aliphatic carbocycles. The molecule has 0 N–H and O–H groups in total. The van der Waals surface area contributed by atoms with Crippen LogP contribution < -0.4 is 11.2 Å². The first-order valence-corrected chi connectivity index (χ1v) is 4.35. The van der Waals surface area contributed by atoms with E-state index in [9.17, 15) is 9.59 Å². The predicted octanol–water partition coefficient (Wildman–Crippen LogP) is 0.265. The summed E-state index contributed by atoms with van der Waals surface area (Å²) in [6.07, 6.45) is 2.51. The zero-order valence-electron chi connectivity index (χ0n) is 8.20. The number of hydrogen-bond acceptors (Lipinski definition) is 2. The first-order valence-electron chi connectivity index (χ1n) is 4.35. The van der Waals surface area contributed by atoms with Crippen molar-refractivity contribution in [3.8, 4) is 0 Å². The van der Waals surface area contributed by atoms with Crippen LogP contribution in [0, 0.1) is 6.92 Å². The van der Waals surface area contributed by atoms with Gasteiger partial charge in [0.2, 0.25) is 0 Å². The number of aryl methyl sites for hydroxylation is 2. The number of nitrogens with zero attached hydrogens (tertiary/aromatic N) is 2. The average Bonchev–Trinajstić information content (AvgIpc) is 2.11. The molecule has 0 radical (unpaired) electrons. The van der Waals surface area contributed by atoms with Crippen LogP contribution in [0.4, 0.5) is 0 Å². The topological polar surface area (TPSA) is 44.0 Å². The number of hydrogen-bond donors (Lipinski definition) is 0. The molecule has 0 aliphatic heterocycles. The van der Waals surface area contributed by atoms with Crippen molar-refractivity contribution in [2.45, 2.75) is 26.8 Å². The Morgan fingerprint density at radius 1 is 1.38 bits per heavy atom. The molecule has 0 fully saturated rings. The largest absolute Gasteiger partial charge is 0.330 e. The van der Waals surface area contributed by atoms with Crippen molar-refractivity contribution < 1.29 is 0 Å². The zero-order chi connectivity index (χ0) is 10.0. The maximum absolute atomic E-state index is 11.5. The molecule has 0 saturated heterocycles. The van der Waals surface area contributed by atoms with Crippen molar-refractivity contribution in [2.75, 3.05) is 0 Å². The van der Waals surface area contributed by atoms with Gasteiger partial charge in [0.15, 0.2) is 0 Å². The van der Waals surface area contributed by atoms with Crippen LogP contribution >= 0.6 is 0 Å². The SMILES string of the molecule is CCCn1cc(C)c(=O)n(C)c1=O. The minimum absolute atomic E-state index is 0.211. The predicted molar refractivity (Wildman–Crippen MR) is 51.0 cm³/mol. The van der Waals surface area contributed by atoms with Gasteiger partial charge >= 0.3 is 5.69 Å².